The van der Waals surface area contributed by atoms with Crippen molar-refractivity contribution in [2.24, 2.45) is 11.3 Å². The van der Waals surface area contributed by atoms with E-state index in [1.165, 1.54) is 5.56 Å². The summed E-state index contributed by atoms with van der Waals surface area (Å²) in [6, 6.07) is 14.4. The van der Waals surface area contributed by atoms with Gasteiger partial charge in [0.25, 0.3) is 0 Å². The van der Waals surface area contributed by atoms with Crippen LogP contribution >= 0.6 is 0 Å². The summed E-state index contributed by atoms with van der Waals surface area (Å²) in [5.74, 6) is -4.97. The number of amides is 1. The van der Waals surface area contributed by atoms with Gasteiger partial charge in [0.05, 0.1) is 13.2 Å². The minimum Gasteiger partial charge on any atom is -0.475 e. The minimum absolute atomic E-state index is 0.0478. The number of benzene rings is 1. The van der Waals surface area contributed by atoms with Crippen LogP contribution in [0.2, 0.25) is 0 Å². The molecule has 2 saturated heterocycles. The molecule has 4 rings (SSSR count). The third-order valence-electron chi connectivity index (χ3n) is 6.05. The van der Waals surface area contributed by atoms with Crippen LogP contribution in [-0.4, -0.2) is 76.6 Å². The van der Waals surface area contributed by atoms with E-state index in [9.17, 15) is 31.1 Å². The number of halogens is 6. The van der Waals surface area contributed by atoms with Gasteiger partial charge in [0.1, 0.15) is 0 Å². The van der Waals surface area contributed by atoms with E-state index in [-0.39, 0.29) is 11.3 Å². The Bertz CT molecular complexity index is 1090. The van der Waals surface area contributed by atoms with Crippen LogP contribution in [0.4, 0.5) is 26.3 Å². The summed E-state index contributed by atoms with van der Waals surface area (Å²) >= 11 is 0. The van der Waals surface area contributed by atoms with Gasteiger partial charge in [0.15, 0.2) is 0 Å². The summed E-state index contributed by atoms with van der Waals surface area (Å²) in [5, 5.41) is 17.3. The lowest BCUT2D eigenvalue weighted by Gasteiger charge is -2.26. The van der Waals surface area contributed by atoms with Crippen LogP contribution in [0.5, 0.6) is 0 Å². The summed E-state index contributed by atoms with van der Waals surface area (Å²) in [4.78, 5) is 36.9. The molecule has 220 valence electrons. The molecule has 0 saturated carbocycles. The molecule has 0 spiro atoms. The van der Waals surface area contributed by atoms with Crippen molar-refractivity contribution in [3.8, 4) is 0 Å². The molecule has 1 aromatic heterocycles. The maximum atomic E-state index is 12.6. The Morgan fingerprint density at radius 2 is 1.55 bits per heavy atom. The third kappa shape index (κ3) is 10.4. The molecule has 0 unspecified atom stereocenters. The molecule has 2 fully saturated rings. The number of hydrogen-bond acceptors (Lipinski definition) is 6. The third-order valence-corrected chi connectivity index (χ3v) is 6.05. The Morgan fingerprint density at radius 1 is 0.975 bits per heavy atom. The Labute approximate surface area is 224 Å². The van der Waals surface area contributed by atoms with Gasteiger partial charge in [0, 0.05) is 56.3 Å². The molecular weight excluding hydrogens is 552 g/mol. The van der Waals surface area contributed by atoms with E-state index in [4.69, 9.17) is 24.5 Å². The number of pyridine rings is 1. The van der Waals surface area contributed by atoms with E-state index >= 15 is 0 Å². The molecule has 2 aromatic rings. The number of alkyl halides is 6. The Balaban J connectivity index is 0.000000333. The number of fused-ring (bicyclic) bond motifs is 1. The molecule has 3 N–H and O–H groups in total. The fourth-order valence-electron chi connectivity index (χ4n) is 4.24. The van der Waals surface area contributed by atoms with Gasteiger partial charge < -0.3 is 20.3 Å². The summed E-state index contributed by atoms with van der Waals surface area (Å²) in [6.45, 7) is 4.85. The molecule has 3 heterocycles. The van der Waals surface area contributed by atoms with Crippen LogP contribution in [0, 0.1) is 11.3 Å². The highest BCUT2D eigenvalue weighted by Gasteiger charge is 2.51. The second-order valence-corrected chi connectivity index (χ2v) is 9.15. The van der Waals surface area contributed by atoms with Crippen molar-refractivity contribution in [2.75, 3.05) is 26.3 Å². The van der Waals surface area contributed by atoms with Gasteiger partial charge in [-0.2, -0.15) is 26.3 Å². The Morgan fingerprint density at radius 3 is 2.08 bits per heavy atom. The lowest BCUT2D eigenvalue weighted by molar-refractivity contribution is -0.193. The molecule has 0 radical (unpaired) electrons. The van der Waals surface area contributed by atoms with Gasteiger partial charge in [-0.1, -0.05) is 36.4 Å². The van der Waals surface area contributed by atoms with Crippen molar-refractivity contribution in [1.29, 1.82) is 0 Å². The van der Waals surface area contributed by atoms with E-state index in [1.54, 1.807) is 12.4 Å². The van der Waals surface area contributed by atoms with Crippen molar-refractivity contribution in [2.45, 2.75) is 31.9 Å². The maximum Gasteiger partial charge on any atom is 0.490 e. The van der Waals surface area contributed by atoms with Gasteiger partial charge >= 0.3 is 24.3 Å². The number of carboxylic acid groups (broad SMARTS) is 2. The number of nitrogens with zero attached hydrogens (tertiary/aromatic N) is 2. The van der Waals surface area contributed by atoms with E-state index in [1.807, 2.05) is 18.2 Å². The molecule has 1 aromatic carbocycles. The zero-order valence-electron chi connectivity index (χ0n) is 20.9. The van der Waals surface area contributed by atoms with Gasteiger partial charge in [-0.15, -0.1) is 0 Å². The van der Waals surface area contributed by atoms with E-state index in [2.05, 4.69) is 39.5 Å². The first kappa shape index (κ1) is 32.5. The first-order valence-corrected chi connectivity index (χ1v) is 11.7. The molecular formula is C25H27F6N3O6. The number of aliphatic carboxylic acids is 2. The van der Waals surface area contributed by atoms with Crippen LogP contribution in [0.1, 0.15) is 17.5 Å². The molecule has 2 aliphatic heterocycles. The second kappa shape index (κ2) is 14.1. The predicted octanol–water partition coefficient (Wildman–Crippen LogP) is 3.50. The first-order chi connectivity index (χ1) is 18.6. The number of carbonyl (C=O) groups is 3. The lowest BCUT2D eigenvalue weighted by Crippen LogP contribution is -2.37. The minimum atomic E-state index is -5.08. The number of nitrogens with one attached hydrogen (secondary N) is 1. The highest BCUT2D eigenvalue weighted by Crippen LogP contribution is 2.44. The largest absolute Gasteiger partial charge is 0.490 e. The number of carboxylic acids is 2. The predicted molar refractivity (Wildman–Crippen MR) is 127 cm³/mol. The van der Waals surface area contributed by atoms with Gasteiger partial charge in [-0.25, -0.2) is 9.59 Å². The van der Waals surface area contributed by atoms with Crippen molar-refractivity contribution < 1.29 is 55.7 Å². The highest BCUT2D eigenvalue weighted by molar-refractivity contribution is 5.77. The first-order valence-electron chi connectivity index (χ1n) is 11.7. The number of ether oxygens (including phenoxy) is 1. The topological polar surface area (TPSA) is 129 Å². The Kier molecular flexibility index (Phi) is 11.4. The van der Waals surface area contributed by atoms with Gasteiger partial charge in [-0.05, 0) is 17.2 Å². The lowest BCUT2D eigenvalue weighted by atomic mass is 9.78. The van der Waals surface area contributed by atoms with Crippen LogP contribution in [0.3, 0.4) is 0 Å². The molecule has 0 bridgehead atoms. The fourth-order valence-corrected chi connectivity index (χ4v) is 4.24. The molecule has 2 atom stereocenters. The normalized spacial score (nSPS) is 20.3. The molecule has 40 heavy (non-hydrogen) atoms. The zero-order chi connectivity index (χ0) is 30.0. The molecule has 9 nitrogen and oxygen atoms in total. The summed E-state index contributed by atoms with van der Waals surface area (Å²) < 4.78 is 69.2. The van der Waals surface area contributed by atoms with Crippen molar-refractivity contribution >= 4 is 17.8 Å². The average Bonchev–Trinajstić information content (AvgIpc) is 3.39. The highest BCUT2D eigenvalue weighted by atomic mass is 19.4. The number of hydrogen-bond donors (Lipinski definition) is 3. The van der Waals surface area contributed by atoms with Crippen molar-refractivity contribution in [1.82, 2.24) is 15.2 Å². The second-order valence-electron chi connectivity index (χ2n) is 9.15. The maximum absolute atomic E-state index is 12.6. The number of rotatable bonds is 6. The van der Waals surface area contributed by atoms with E-state index < -0.39 is 24.3 Å². The van der Waals surface area contributed by atoms with E-state index in [0.717, 1.165) is 31.8 Å². The SMILES string of the molecule is O=C(C[C@]12COC[C@H]1CN(Cc1ccccc1)C2)NCc1cccnc1.O=C(O)C(F)(F)F.O=C(O)C(F)(F)F. The molecule has 15 heteroatoms. The molecule has 0 aliphatic carbocycles. The van der Waals surface area contributed by atoms with Gasteiger partial charge in [-0.3, -0.25) is 14.7 Å². The number of likely N-dealkylation sites (tertiary alicyclic amines) is 1. The van der Waals surface area contributed by atoms with Crippen LogP contribution < -0.4 is 5.32 Å². The zero-order valence-corrected chi connectivity index (χ0v) is 20.9. The summed E-state index contributed by atoms with van der Waals surface area (Å²) in [5.41, 5.74) is 2.30. The number of carbonyl (C=O) groups excluding carboxylic acids is 1. The Hall–Kier alpha value is -3.72. The van der Waals surface area contributed by atoms with Crippen molar-refractivity contribution in [3.05, 3.63) is 66.0 Å². The smallest absolute Gasteiger partial charge is 0.475 e. The summed E-state index contributed by atoms with van der Waals surface area (Å²) in [7, 11) is 0. The number of aromatic nitrogens is 1. The van der Waals surface area contributed by atoms with E-state index in [0.29, 0.717) is 25.5 Å². The van der Waals surface area contributed by atoms with Gasteiger partial charge in [0.2, 0.25) is 5.91 Å². The molecule has 1 amide bonds. The average molecular weight is 579 g/mol. The standard InChI is InChI=1S/C21H25N3O2.2C2HF3O2/c25-20(23-11-18-7-4-8-22-10-18)9-21-15-24(13-19(21)14-26-16-21)12-17-5-2-1-3-6-17;2*3-2(4,5)1(6)7/h1-8,10,19H,9,11-16H2,(H,23,25);2*(H,6,7)/t19-,21+;;/m1../s1. The fraction of sp³-hybridized carbons (Fsp3) is 0.440. The summed E-state index contributed by atoms with van der Waals surface area (Å²) in [6.07, 6.45) is -6.11. The van der Waals surface area contributed by atoms with Crippen LogP contribution in [0.25, 0.3) is 0 Å². The van der Waals surface area contributed by atoms with Crippen LogP contribution in [-0.2, 0) is 32.2 Å². The van der Waals surface area contributed by atoms with Crippen LogP contribution in [0.15, 0.2) is 54.9 Å². The molecule has 2 aliphatic rings. The quantitative estimate of drug-likeness (QED) is 0.444. The monoisotopic (exact) mass is 579 g/mol. The van der Waals surface area contributed by atoms with Crippen molar-refractivity contribution in [3.63, 3.8) is 0 Å².